The van der Waals surface area contributed by atoms with Gasteiger partial charge in [0.1, 0.15) is 0 Å². The van der Waals surface area contributed by atoms with E-state index in [4.69, 9.17) is 40.5 Å². The van der Waals surface area contributed by atoms with Crippen molar-refractivity contribution in [1.82, 2.24) is 29.7 Å². The van der Waals surface area contributed by atoms with Crippen LogP contribution < -0.4 is 5.73 Å². The Morgan fingerprint density at radius 3 is 1.25 bits per heavy atom. The third kappa shape index (κ3) is 14.8. The quantitative estimate of drug-likeness (QED) is 0.0841. The van der Waals surface area contributed by atoms with Crippen LogP contribution in [0.2, 0.25) is 27.7 Å². The van der Waals surface area contributed by atoms with E-state index in [-0.39, 0.29) is 0 Å². The van der Waals surface area contributed by atoms with E-state index in [9.17, 15) is 9.59 Å². The second-order valence-electron chi connectivity index (χ2n) is 20.5. The van der Waals surface area contributed by atoms with E-state index in [0.29, 0.717) is 17.9 Å². The van der Waals surface area contributed by atoms with Crippen LogP contribution in [0.3, 0.4) is 0 Å². The van der Waals surface area contributed by atoms with Gasteiger partial charge in [-0.3, -0.25) is 29.7 Å². The van der Waals surface area contributed by atoms with E-state index in [1.807, 2.05) is 67.5 Å². The highest BCUT2D eigenvalue weighted by molar-refractivity contribution is 9.10. The molecule has 0 spiro atoms. The van der Waals surface area contributed by atoms with Gasteiger partial charge in [0.2, 0.25) is 0 Å². The van der Waals surface area contributed by atoms with Crippen molar-refractivity contribution in [1.29, 1.82) is 0 Å². The zero-order valence-corrected chi connectivity index (χ0v) is 46.7. The van der Waals surface area contributed by atoms with Crippen molar-refractivity contribution in [2.24, 2.45) is 17.6 Å². The molecule has 2 N–H and O–H groups in total. The minimum Gasteiger partial charge on any atom is -0.328 e. The number of pyridine rings is 3. The van der Waals surface area contributed by atoms with Gasteiger partial charge in [-0.1, -0.05) is 108 Å². The molecular weight excluding hydrogens is 1070 g/mol. The van der Waals surface area contributed by atoms with Crippen LogP contribution in [0.1, 0.15) is 55.2 Å². The first-order valence-electron chi connectivity index (χ1n) is 26.5. The van der Waals surface area contributed by atoms with Crippen molar-refractivity contribution < 1.29 is 9.59 Å². The van der Waals surface area contributed by atoms with Gasteiger partial charge in [-0.05, 0) is 186 Å². The van der Waals surface area contributed by atoms with Gasteiger partial charge in [0.15, 0.2) is 14.6 Å². The van der Waals surface area contributed by atoms with Crippen molar-refractivity contribution in [3.63, 3.8) is 0 Å². The van der Waals surface area contributed by atoms with Crippen molar-refractivity contribution in [2.45, 2.75) is 76.8 Å². The van der Waals surface area contributed by atoms with Crippen molar-refractivity contribution in [3.8, 4) is 22.3 Å². The highest BCUT2D eigenvalue weighted by Crippen LogP contribution is 2.36. The summed E-state index contributed by atoms with van der Waals surface area (Å²) in [5.41, 5.74) is 14.1. The highest BCUT2D eigenvalue weighted by Gasteiger charge is 2.23. The molecule has 0 saturated carbocycles. The summed E-state index contributed by atoms with van der Waals surface area (Å²) in [5.74, 6) is 1.27. The Labute approximate surface area is 472 Å². The minimum absolute atomic E-state index is 0.346. The van der Waals surface area contributed by atoms with Gasteiger partial charge in [-0.25, -0.2) is 0 Å². The molecule has 15 heteroatoms. The number of carbonyl (C=O) groups is 2. The van der Waals surface area contributed by atoms with Crippen LogP contribution in [-0.4, -0.2) is 102 Å². The van der Waals surface area contributed by atoms with Crippen molar-refractivity contribution >= 4 is 110 Å². The van der Waals surface area contributed by atoms with Gasteiger partial charge >= 0.3 is 0 Å². The molecule has 8 aromatic rings. The molecule has 5 aromatic carbocycles. The first-order chi connectivity index (χ1) is 37.1. The number of fused-ring (bicyclic) bond motifs is 3. The number of aromatic nitrogens is 3. The molecule has 9 nitrogen and oxygen atoms in total. The van der Waals surface area contributed by atoms with Crippen LogP contribution in [0.25, 0.3) is 54.6 Å². The van der Waals surface area contributed by atoms with Gasteiger partial charge < -0.3 is 15.3 Å². The highest BCUT2D eigenvalue weighted by atomic mass is 79.9. The number of nitrogens with two attached hydrogens (primary N) is 1. The summed E-state index contributed by atoms with van der Waals surface area (Å²) in [6.45, 7) is 8.89. The van der Waals surface area contributed by atoms with Gasteiger partial charge in [-0.15, -0.1) is 0 Å². The number of halogens is 4. The number of rotatable bonds is 14. The summed E-state index contributed by atoms with van der Waals surface area (Å²) < 4.78 is 0.996. The fraction of sp³-hybridized carbons (Fsp3) is 0.328. The summed E-state index contributed by atoms with van der Waals surface area (Å²) in [7, 11) is 3.49. The molecule has 0 bridgehead atoms. The molecule has 0 aliphatic carbocycles. The second-order valence-corrected chi connectivity index (χ2v) is 22.6. The molecular formula is C61H63B2BrCl3N7O2. The number of hydrogen-bond acceptors (Lipinski definition) is 9. The van der Waals surface area contributed by atoms with Crippen LogP contribution in [-0.2, 0) is 29.2 Å². The molecule has 76 heavy (non-hydrogen) atoms. The van der Waals surface area contributed by atoms with E-state index in [1.165, 1.54) is 27.5 Å². The lowest BCUT2D eigenvalue weighted by molar-refractivity contribution is 0.185. The van der Waals surface area contributed by atoms with Gasteiger partial charge in [-0.2, -0.15) is 0 Å². The summed E-state index contributed by atoms with van der Waals surface area (Å²) in [6, 6.07) is 33.8. The molecule has 3 aromatic heterocycles. The maximum absolute atomic E-state index is 10.5. The van der Waals surface area contributed by atoms with Crippen LogP contribution in [0.15, 0.2) is 139 Å². The van der Waals surface area contributed by atoms with Crippen LogP contribution in [0.5, 0.6) is 0 Å². The Balaban J connectivity index is 0.000000140. The molecule has 3 saturated heterocycles. The average Bonchev–Trinajstić information content (AvgIpc) is 3.45. The Hall–Kier alpha value is -5.01. The lowest BCUT2D eigenvalue weighted by atomic mass is 9.69. The average molecular weight is 1130 g/mol. The minimum atomic E-state index is 0.346. The number of nitrogens with zero attached hydrogens (tertiary/aromatic N) is 6. The standard InChI is InChI=1S/C23H23BClN2O.C21H22ClN3.C17H18BBrClN2O/c25-23-11-19-13-26-14-22(18-4-2-1-3-5-18)21(19)10-20(23)15-27-8-6-17(7-9-27)12-24-16-28;22-21-11-16-12-24-13-20(15-4-2-1-3-5-15)19(16)10-17(21)14-25-8-6-18(23)7-9-25;19-16-9-21-8-13-6-17(20)14(5-15(13)16)10-22-3-1-12(2-4-22)7-18-11-23/h1-5,10-11,13-14,16-17H,6-9,12,15H2;1-5,10-13,18H,6-9,14,23H2;5-6,8-9,11-12H,1-4,7,10H2. The molecule has 11 rings (SSSR count). The molecule has 388 valence electrons. The van der Waals surface area contributed by atoms with Gasteiger partial charge in [0.25, 0.3) is 0 Å². The lowest BCUT2D eigenvalue weighted by Gasteiger charge is -2.32. The summed E-state index contributed by atoms with van der Waals surface area (Å²) in [4.78, 5) is 41.3. The third-order valence-corrected chi connectivity index (χ3v) is 16.9. The molecule has 3 aliphatic rings. The summed E-state index contributed by atoms with van der Waals surface area (Å²) >= 11 is 23.2. The van der Waals surface area contributed by atoms with E-state index in [1.54, 1.807) is 14.6 Å². The zero-order chi connectivity index (χ0) is 52.8. The molecule has 0 atom stereocenters. The number of piperidine rings is 3. The van der Waals surface area contributed by atoms with E-state index in [2.05, 4.69) is 112 Å². The normalized spacial score (nSPS) is 16.2. The van der Waals surface area contributed by atoms with E-state index >= 15 is 0 Å². The Bertz CT molecular complexity index is 3210. The maximum atomic E-state index is 10.5. The van der Waals surface area contributed by atoms with Crippen LogP contribution >= 0.6 is 50.7 Å². The largest absolute Gasteiger partial charge is 0.328 e. The Kier molecular flexibility index (Phi) is 20.2. The first kappa shape index (κ1) is 55.7. The van der Waals surface area contributed by atoms with E-state index in [0.717, 1.165) is 186 Å². The molecule has 0 amide bonds. The summed E-state index contributed by atoms with van der Waals surface area (Å²) in [6.07, 6.45) is 21.6. The smallest absolute Gasteiger partial charge is 0.197 e. The first-order valence-corrected chi connectivity index (χ1v) is 28.5. The fourth-order valence-electron chi connectivity index (χ4n) is 10.8. The maximum Gasteiger partial charge on any atom is 0.197 e. The van der Waals surface area contributed by atoms with E-state index < -0.39 is 0 Å². The lowest BCUT2D eigenvalue weighted by Crippen LogP contribution is -2.39. The van der Waals surface area contributed by atoms with Gasteiger partial charge in [0, 0.05) is 110 Å². The Morgan fingerprint density at radius 1 is 0.500 bits per heavy atom. The molecule has 3 aliphatic heterocycles. The second kappa shape index (κ2) is 27.5. The van der Waals surface area contributed by atoms with Crippen LogP contribution in [0.4, 0.5) is 0 Å². The van der Waals surface area contributed by atoms with Gasteiger partial charge in [0.05, 0.1) is 12.4 Å². The summed E-state index contributed by atoms with van der Waals surface area (Å²) in [5, 5.41) is 9.16. The topological polar surface area (TPSA) is 109 Å². The monoisotopic (exact) mass is 1130 g/mol. The SMILES string of the molecule is NC1CCN(Cc2cc3c(-c4ccccc4)cncc3cc2Cl)CC1.O=C[B]CC1CCN(Cc2cc3c(-c4ccccc4)cncc3cc2Cl)CC1.O=C[B]CC1CCN(Cc2cc3c(Br)cncc3cc2Cl)CC1. The third-order valence-electron chi connectivity index (χ3n) is 15.3. The fourth-order valence-corrected chi connectivity index (χ4v) is 12.0. The molecule has 0 unspecified atom stereocenters. The molecule has 3 fully saturated rings. The zero-order valence-electron chi connectivity index (χ0n) is 42.9. The van der Waals surface area contributed by atoms with Crippen molar-refractivity contribution in [3.05, 3.63) is 170 Å². The number of benzene rings is 5. The predicted octanol–water partition coefficient (Wildman–Crippen LogP) is 13.7. The Morgan fingerprint density at radius 2 is 0.855 bits per heavy atom. The number of hydrogen-bond donors (Lipinski definition) is 1. The number of carbonyl (C=O) groups excluding carboxylic acids is 2. The predicted molar refractivity (Wildman–Crippen MR) is 322 cm³/mol. The molecule has 6 heterocycles. The van der Waals surface area contributed by atoms with Crippen LogP contribution in [0, 0.1) is 11.8 Å². The van der Waals surface area contributed by atoms with Crippen molar-refractivity contribution in [2.75, 3.05) is 39.3 Å². The molecule has 2 radical (unpaired) electrons. The number of likely N-dealkylation sites (tertiary alicyclic amines) is 3.